The van der Waals surface area contributed by atoms with Gasteiger partial charge in [0.25, 0.3) is 0 Å². The summed E-state index contributed by atoms with van der Waals surface area (Å²) in [5.41, 5.74) is 4.93. The van der Waals surface area contributed by atoms with Gasteiger partial charge in [0, 0.05) is 25.2 Å². The van der Waals surface area contributed by atoms with Crippen LogP contribution in [0.4, 0.5) is 5.82 Å². The number of nitrogens with one attached hydrogen (secondary N) is 1. The van der Waals surface area contributed by atoms with Crippen LogP contribution < -0.4 is 10.1 Å². The first-order valence-electron chi connectivity index (χ1n) is 9.09. The Morgan fingerprint density at radius 3 is 2.96 bits per heavy atom. The van der Waals surface area contributed by atoms with E-state index in [0.29, 0.717) is 5.92 Å². The molecule has 1 saturated carbocycles. The number of nitrogens with zero attached hydrogens (tertiary/aromatic N) is 4. The van der Waals surface area contributed by atoms with E-state index in [0.717, 1.165) is 41.5 Å². The van der Waals surface area contributed by atoms with Crippen LogP contribution in [0.2, 0.25) is 0 Å². The van der Waals surface area contributed by atoms with Gasteiger partial charge in [-0.25, -0.2) is 15.0 Å². The first kappa shape index (κ1) is 17.0. The highest BCUT2D eigenvalue weighted by atomic mass is 32.1. The highest BCUT2D eigenvalue weighted by Crippen LogP contribution is 2.38. The van der Waals surface area contributed by atoms with Crippen molar-refractivity contribution < 1.29 is 4.74 Å². The first-order chi connectivity index (χ1) is 13.2. The summed E-state index contributed by atoms with van der Waals surface area (Å²) in [5, 5.41) is 3.32. The predicted molar refractivity (Wildman–Crippen MR) is 111 cm³/mol. The first-order valence-corrected chi connectivity index (χ1v) is 10.5. The van der Waals surface area contributed by atoms with Crippen LogP contribution in [0, 0.1) is 6.92 Å². The molecule has 0 bridgehead atoms. The summed E-state index contributed by atoms with van der Waals surface area (Å²) in [5.74, 6) is 3.19. The van der Waals surface area contributed by atoms with Gasteiger partial charge in [-0.1, -0.05) is 8.86 Å². The van der Waals surface area contributed by atoms with Crippen molar-refractivity contribution in [3.63, 3.8) is 0 Å². The normalized spacial score (nSPS) is 17.7. The van der Waals surface area contributed by atoms with Gasteiger partial charge in [-0.3, -0.25) is 4.90 Å². The second-order valence-electron chi connectivity index (χ2n) is 7.15. The highest BCUT2D eigenvalue weighted by Gasteiger charge is 2.32. The minimum atomic E-state index is 0.150. The lowest BCUT2D eigenvalue weighted by atomic mass is 10.1. The van der Waals surface area contributed by atoms with E-state index in [2.05, 4.69) is 53.1 Å². The maximum Gasteiger partial charge on any atom is 0.147 e. The number of hydrogen-bond donors (Lipinski definition) is 1. The average Bonchev–Trinajstić information content (AvgIpc) is 3.36. The Bertz CT molecular complexity index is 1010. The third-order valence-corrected chi connectivity index (χ3v) is 6.08. The lowest BCUT2D eigenvalue weighted by molar-refractivity contribution is 0.0705. The molecule has 2 fully saturated rings. The Morgan fingerprint density at radius 2 is 2.15 bits per heavy atom. The van der Waals surface area contributed by atoms with Crippen molar-refractivity contribution in [1.82, 2.24) is 19.9 Å². The van der Waals surface area contributed by atoms with Crippen LogP contribution in [-0.2, 0) is 0 Å². The molecule has 1 N–H and O–H groups in total. The van der Waals surface area contributed by atoms with Gasteiger partial charge in [-0.2, -0.15) is 0 Å². The summed E-state index contributed by atoms with van der Waals surface area (Å²) in [6.07, 6.45) is 4.37. The van der Waals surface area contributed by atoms with Gasteiger partial charge in [0.05, 0.1) is 10.2 Å². The van der Waals surface area contributed by atoms with E-state index in [9.17, 15) is 0 Å². The zero-order chi connectivity index (χ0) is 18.4. The van der Waals surface area contributed by atoms with Crippen molar-refractivity contribution in [3.8, 4) is 5.75 Å². The summed E-state index contributed by atoms with van der Waals surface area (Å²) >= 11 is 1.65. The van der Waals surface area contributed by atoms with Crippen LogP contribution in [-0.4, -0.2) is 44.6 Å². The van der Waals surface area contributed by atoms with Crippen LogP contribution in [0.1, 0.15) is 30.1 Å². The largest absolute Gasteiger partial charge is 0.485 e. The molecule has 5 rings (SSSR count). The fourth-order valence-corrected chi connectivity index (χ4v) is 4.31. The van der Waals surface area contributed by atoms with Gasteiger partial charge in [-0.05, 0) is 43.5 Å². The molecule has 6 nitrogen and oxygen atoms in total. The molecule has 27 heavy (non-hydrogen) atoms. The SMILES string of the molecule is Cc1cc(OC2CN(C(=P)Nc3ccnc(C4CC4)n3)C2)c2ncsc2c1. The minimum Gasteiger partial charge on any atom is -0.485 e. The van der Waals surface area contributed by atoms with Gasteiger partial charge in [-0.15, -0.1) is 11.3 Å². The van der Waals surface area contributed by atoms with Gasteiger partial charge in [0.2, 0.25) is 0 Å². The number of rotatable bonds is 6. The van der Waals surface area contributed by atoms with Gasteiger partial charge in [0.1, 0.15) is 34.6 Å². The van der Waals surface area contributed by atoms with Crippen molar-refractivity contribution in [2.75, 3.05) is 18.4 Å². The molecule has 0 spiro atoms. The van der Waals surface area contributed by atoms with E-state index >= 15 is 0 Å². The molecule has 0 atom stereocenters. The molecule has 138 valence electrons. The van der Waals surface area contributed by atoms with E-state index in [4.69, 9.17) is 4.74 Å². The standard InChI is InChI=1S/C19H20N5OPS/c1-11-6-14(17-15(7-11)27-10-21-17)25-13-8-24(9-13)19(26)23-16-4-5-20-18(22-16)12-2-3-12/h4-7,10,12-13,26H,2-3,8-9H2,1H3,(H,20,22,23). The minimum absolute atomic E-state index is 0.150. The molecule has 3 aromatic rings. The number of benzene rings is 1. The molecule has 8 heteroatoms. The smallest absolute Gasteiger partial charge is 0.147 e. The van der Waals surface area contributed by atoms with Gasteiger partial charge >= 0.3 is 0 Å². The van der Waals surface area contributed by atoms with E-state index in [1.165, 1.54) is 23.1 Å². The fraction of sp³-hybridized carbons (Fsp3) is 0.368. The fourth-order valence-electron chi connectivity index (χ4n) is 3.21. The molecule has 0 unspecified atom stereocenters. The topological polar surface area (TPSA) is 63.2 Å². The molecule has 0 radical (unpaired) electrons. The number of anilines is 1. The second-order valence-corrected chi connectivity index (χ2v) is 8.51. The quantitative estimate of drug-likeness (QED) is 0.641. The number of thiazole rings is 1. The van der Waals surface area contributed by atoms with Crippen molar-refractivity contribution in [2.45, 2.75) is 31.8 Å². The van der Waals surface area contributed by atoms with Crippen LogP contribution in [0.25, 0.3) is 10.2 Å². The van der Waals surface area contributed by atoms with Crippen LogP contribution in [0.3, 0.4) is 0 Å². The molecule has 3 heterocycles. The Kier molecular flexibility index (Phi) is 4.31. The maximum atomic E-state index is 6.21. The summed E-state index contributed by atoms with van der Waals surface area (Å²) < 4.78 is 7.38. The Balaban J connectivity index is 1.19. The number of hydrogen-bond acceptors (Lipinski definition) is 5. The summed E-state index contributed by atoms with van der Waals surface area (Å²) in [4.78, 5) is 15.6. The molecular formula is C19H20N5OPS. The Labute approximate surface area is 163 Å². The molecule has 1 aliphatic heterocycles. The number of aromatic nitrogens is 3. The number of likely N-dealkylation sites (tertiary alicyclic amines) is 1. The number of fused-ring (bicyclic) bond motifs is 1. The molecule has 1 aromatic carbocycles. The third kappa shape index (κ3) is 3.55. The van der Waals surface area contributed by atoms with E-state index in [-0.39, 0.29) is 6.10 Å². The molecule has 2 aliphatic rings. The maximum absolute atomic E-state index is 6.21. The van der Waals surface area contributed by atoms with E-state index < -0.39 is 0 Å². The summed E-state index contributed by atoms with van der Waals surface area (Å²) in [6.45, 7) is 3.71. The molecule has 2 aromatic heterocycles. The Morgan fingerprint density at radius 1 is 1.30 bits per heavy atom. The molecule has 1 saturated heterocycles. The zero-order valence-electron chi connectivity index (χ0n) is 15.0. The van der Waals surface area contributed by atoms with Crippen molar-refractivity contribution in [2.24, 2.45) is 0 Å². The molecular weight excluding hydrogens is 377 g/mol. The van der Waals surface area contributed by atoms with Crippen molar-refractivity contribution in [1.29, 1.82) is 0 Å². The number of ether oxygens (including phenoxy) is 1. The zero-order valence-corrected chi connectivity index (χ0v) is 16.8. The van der Waals surface area contributed by atoms with E-state index in [1.807, 2.05) is 17.8 Å². The number of aryl methyl sites for hydroxylation is 1. The molecule has 0 amide bonds. The lowest BCUT2D eigenvalue weighted by Crippen LogP contribution is -2.57. The second kappa shape index (κ2) is 6.82. The monoisotopic (exact) mass is 397 g/mol. The van der Waals surface area contributed by atoms with Gasteiger partial charge in [0.15, 0.2) is 0 Å². The highest BCUT2D eigenvalue weighted by molar-refractivity contribution is 7.21. The van der Waals surface area contributed by atoms with Crippen molar-refractivity contribution >= 4 is 41.8 Å². The predicted octanol–water partition coefficient (Wildman–Crippen LogP) is 3.68. The van der Waals surface area contributed by atoms with Crippen LogP contribution >= 0.6 is 20.2 Å². The third-order valence-electron chi connectivity index (χ3n) is 4.87. The van der Waals surface area contributed by atoms with Crippen molar-refractivity contribution in [3.05, 3.63) is 41.3 Å². The molecule has 1 aliphatic carbocycles. The van der Waals surface area contributed by atoms with Gasteiger partial charge < -0.3 is 10.1 Å². The van der Waals surface area contributed by atoms with E-state index in [1.54, 1.807) is 11.3 Å². The van der Waals surface area contributed by atoms with Crippen LogP contribution in [0.15, 0.2) is 29.9 Å². The average molecular weight is 397 g/mol. The summed E-state index contributed by atoms with van der Waals surface area (Å²) in [6, 6.07) is 6.12. The lowest BCUT2D eigenvalue weighted by Gasteiger charge is -2.39. The van der Waals surface area contributed by atoms with Crippen LogP contribution in [0.5, 0.6) is 5.75 Å². The Hall–Kier alpha value is -2.08. The summed E-state index contributed by atoms with van der Waals surface area (Å²) in [7, 11) is 3.69.